The molecule has 5 heteroatoms. The van der Waals surface area contributed by atoms with Crippen molar-refractivity contribution < 1.29 is 9.84 Å². The Kier molecular flexibility index (Phi) is 7.74. The van der Waals surface area contributed by atoms with Crippen molar-refractivity contribution >= 4 is 0 Å². The van der Waals surface area contributed by atoms with Gasteiger partial charge in [-0.3, -0.25) is 4.90 Å². The SMILES string of the molecule is CN1CCN(CCCOc2ccccc2CN2CCC[C@H](O)CC2)CC1. The molecule has 0 spiro atoms. The van der Waals surface area contributed by atoms with E-state index < -0.39 is 0 Å². The van der Waals surface area contributed by atoms with E-state index in [1.54, 1.807) is 0 Å². The van der Waals surface area contributed by atoms with E-state index in [0.717, 1.165) is 64.2 Å². The van der Waals surface area contributed by atoms with Crippen LogP contribution in [0.4, 0.5) is 0 Å². The number of likely N-dealkylation sites (tertiary alicyclic amines) is 1. The van der Waals surface area contributed by atoms with E-state index in [-0.39, 0.29) is 6.10 Å². The maximum absolute atomic E-state index is 9.83. The molecule has 1 aromatic carbocycles. The zero-order valence-corrected chi connectivity index (χ0v) is 16.3. The zero-order valence-electron chi connectivity index (χ0n) is 16.3. The summed E-state index contributed by atoms with van der Waals surface area (Å²) >= 11 is 0. The molecule has 146 valence electrons. The summed E-state index contributed by atoms with van der Waals surface area (Å²) < 4.78 is 6.13. The Hall–Kier alpha value is -1.14. The smallest absolute Gasteiger partial charge is 0.123 e. The number of ether oxygens (including phenoxy) is 1. The van der Waals surface area contributed by atoms with Gasteiger partial charge in [0.25, 0.3) is 0 Å². The number of aliphatic hydroxyl groups excluding tert-OH is 1. The van der Waals surface area contributed by atoms with Crippen molar-refractivity contribution in [3.63, 3.8) is 0 Å². The van der Waals surface area contributed by atoms with E-state index in [9.17, 15) is 5.11 Å². The summed E-state index contributed by atoms with van der Waals surface area (Å²) in [5, 5.41) is 9.83. The van der Waals surface area contributed by atoms with Crippen LogP contribution >= 0.6 is 0 Å². The largest absolute Gasteiger partial charge is 0.493 e. The molecule has 0 unspecified atom stereocenters. The summed E-state index contributed by atoms with van der Waals surface area (Å²) in [6, 6.07) is 8.43. The number of para-hydroxylation sites is 1. The lowest BCUT2D eigenvalue weighted by atomic mass is 10.2. The molecule has 2 aliphatic heterocycles. The molecule has 2 fully saturated rings. The van der Waals surface area contributed by atoms with Gasteiger partial charge >= 0.3 is 0 Å². The van der Waals surface area contributed by atoms with Crippen molar-refractivity contribution in [2.75, 3.05) is 59.5 Å². The zero-order chi connectivity index (χ0) is 18.2. The molecular weight excluding hydrogens is 326 g/mol. The third-order valence-corrected chi connectivity index (χ3v) is 5.63. The van der Waals surface area contributed by atoms with E-state index in [4.69, 9.17) is 4.74 Å². The van der Waals surface area contributed by atoms with Crippen molar-refractivity contribution in [2.45, 2.75) is 38.3 Å². The fourth-order valence-corrected chi connectivity index (χ4v) is 3.85. The Morgan fingerprint density at radius 1 is 1.00 bits per heavy atom. The number of rotatable bonds is 7. The molecule has 0 bridgehead atoms. The first kappa shape index (κ1) is 19.6. The molecule has 2 heterocycles. The van der Waals surface area contributed by atoms with Gasteiger partial charge in [0.05, 0.1) is 12.7 Å². The maximum Gasteiger partial charge on any atom is 0.123 e. The fourth-order valence-electron chi connectivity index (χ4n) is 3.85. The summed E-state index contributed by atoms with van der Waals surface area (Å²) in [5.41, 5.74) is 1.27. The molecule has 2 aliphatic rings. The van der Waals surface area contributed by atoms with Gasteiger partial charge in [0.15, 0.2) is 0 Å². The van der Waals surface area contributed by atoms with E-state index in [1.165, 1.54) is 31.7 Å². The maximum atomic E-state index is 9.83. The van der Waals surface area contributed by atoms with Crippen LogP contribution in [0.5, 0.6) is 5.75 Å². The van der Waals surface area contributed by atoms with Crippen LogP contribution in [0.25, 0.3) is 0 Å². The quantitative estimate of drug-likeness (QED) is 0.753. The number of benzene rings is 1. The minimum absolute atomic E-state index is 0.124. The van der Waals surface area contributed by atoms with Crippen LogP contribution in [0.3, 0.4) is 0 Å². The van der Waals surface area contributed by atoms with E-state index in [1.807, 2.05) is 0 Å². The molecule has 1 N–H and O–H groups in total. The van der Waals surface area contributed by atoms with E-state index in [2.05, 4.69) is 46.0 Å². The Bertz CT molecular complexity index is 532. The Morgan fingerprint density at radius 2 is 1.81 bits per heavy atom. The van der Waals surface area contributed by atoms with Gasteiger partial charge in [-0.05, 0) is 45.3 Å². The second kappa shape index (κ2) is 10.3. The van der Waals surface area contributed by atoms with Crippen LogP contribution in [-0.2, 0) is 6.54 Å². The minimum atomic E-state index is -0.124. The van der Waals surface area contributed by atoms with Crippen molar-refractivity contribution in [1.82, 2.24) is 14.7 Å². The summed E-state index contributed by atoms with van der Waals surface area (Å²) in [6.07, 6.45) is 3.85. The van der Waals surface area contributed by atoms with Gasteiger partial charge in [0.2, 0.25) is 0 Å². The second-order valence-electron chi connectivity index (χ2n) is 7.82. The highest BCUT2D eigenvalue weighted by Crippen LogP contribution is 2.22. The molecule has 26 heavy (non-hydrogen) atoms. The summed E-state index contributed by atoms with van der Waals surface area (Å²) in [5.74, 6) is 1.02. The predicted octanol–water partition coefficient (Wildman–Crippen LogP) is 2.05. The molecule has 0 aliphatic carbocycles. The number of piperazine rings is 1. The van der Waals surface area contributed by atoms with Crippen LogP contribution in [0.1, 0.15) is 31.2 Å². The van der Waals surface area contributed by atoms with Crippen LogP contribution in [-0.4, -0.2) is 85.4 Å². The number of hydrogen-bond acceptors (Lipinski definition) is 5. The molecule has 1 atom stereocenters. The first-order valence-corrected chi connectivity index (χ1v) is 10.2. The molecule has 0 radical (unpaired) electrons. The number of aliphatic hydroxyl groups is 1. The van der Waals surface area contributed by atoms with Gasteiger partial charge < -0.3 is 19.6 Å². The lowest BCUT2D eigenvalue weighted by Gasteiger charge is -2.32. The Balaban J connectivity index is 1.43. The fraction of sp³-hybridized carbons (Fsp3) is 0.714. The molecular formula is C21H35N3O2. The molecule has 1 aromatic rings. The molecule has 3 rings (SSSR count). The standard InChI is InChI=1S/C21H35N3O2/c1-22-13-15-23(16-14-22)11-5-17-26-21-8-3-2-6-19(21)18-24-10-4-7-20(25)9-12-24/h2-3,6,8,20,25H,4-5,7,9-18H2,1H3/t20-/m0/s1. The van der Waals surface area contributed by atoms with Crippen molar-refractivity contribution in [3.05, 3.63) is 29.8 Å². The second-order valence-corrected chi connectivity index (χ2v) is 7.82. The third-order valence-electron chi connectivity index (χ3n) is 5.63. The third kappa shape index (κ3) is 6.23. The first-order valence-electron chi connectivity index (χ1n) is 10.2. The van der Waals surface area contributed by atoms with Gasteiger partial charge in [-0.25, -0.2) is 0 Å². The molecule has 0 saturated carbocycles. The first-order chi connectivity index (χ1) is 12.7. The number of likely N-dealkylation sites (N-methyl/N-ethyl adjacent to an activating group) is 1. The summed E-state index contributed by atoms with van der Waals surface area (Å²) in [6.45, 7) is 9.56. The topological polar surface area (TPSA) is 39.2 Å². The van der Waals surface area contributed by atoms with E-state index in [0.29, 0.717) is 0 Å². The summed E-state index contributed by atoms with van der Waals surface area (Å²) in [7, 11) is 2.20. The normalized spacial score (nSPS) is 23.7. The lowest BCUT2D eigenvalue weighted by molar-refractivity contribution is 0.145. The van der Waals surface area contributed by atoms with Crippen LogP contribution in [0.2, 0.25) is 0 Å². The highest BCUT2D eigenvalue weighted by Gasteiger charge is 2.17. The van der Waals surface area contributed by atoms with Crippen LogP contribution in [0.15, 0.2) is 24.3 Å². The molecule has 2 saturated heterocycles. The molecule has 0 aromatic heterocycles. The number of hydrogen-bond donors (Lipinski definition) is 1. The Morgan fingerprint density at radius 3 is 2.65 bits per heavy atom. The van der Waals surface area contributed by atoms with Gasteiger partial charge in [0, 0.05) is 51.4 Å². The highest BCUT2D eigenvalue weighted by atomic mass is 16.5. The lowest BCUT2D eigenvalue weighted by Crippen LogP contribution is -2.44. The van der Waals surface area contributed by atoms with Crippen LogP contribution < -0.4 is 4.74 Å². The minimum Gasteiger partial charge on any atom is -0.493 e. The Labute approximate surface area is 158 Å². The van der Waals surface area contributed by atoms with Gasteiger partial charge in [0.1, 0.15) is 5.75 Å². The predicted molar refractivity (Wildman–Crippen MR) is 106 cm³/mol. The van der Waals surface area contributed by atoms with Crippen molar-refractivity contribution in [3.8, 4) is 5.75 Å². The molecule has 5 nitrogen and oxygen atoms in total. The molecule has 0 amide bonds. The average molecular weight is 362 g/mol. The van der Waals surface area contributed by atoms with Crippen molar-refractivity contribution in [2.24, 2.45) is 0 Å². The van der Waals surface area contributed by atoms with Crippen molar-refractivity contribution in [1.29, 1.82) is 0 Å². The number of nitrogens with zero attached hydrogens (tertiary/aromatic N) is 3. The monoisotopic (exact) mass is 361 g/mol. The van der Waals surface area contributed by atoms with Gasteiger partial charge in [-0.15, -0.1) is 0 Å². The van der Waals surface area contributed by atoms with Gasteiger partial charge in [-0.2, -0.15) is 0 Å². The highest BCUT2D eigenvalue weighted by molar-refractivity contribution is 5.33. The van der Waals surface area contributed by atoms with E-state index >= 15 is 0 Å². The summed E-state index contributed by atoms with van der Waals surface area (Å²) in [4.78, 5) is 7.38. The average Bonchev–Trinajstić information content (AvgIpc) is 2.86. The van der Waals surface area contributed by atoms with Gasteiger partial charge in [-0.1, -0.05) is 18.2 Å². The van der Waals surface area contributed by atoms with Crippen LogP contribution in [0, 0.1) is 0 Å².